The normalized spacial score (nSPS) is 11.6. The van der Waals surface area contributed by atoms with Gasteiger partial charge in [0.2, 0.25) is 0 Å². The van der Waals surface area contributed by atoms with Gasteiger partial charge in [-0.3, -0.25) is 0 Å². The molecule has 11 heteroatoms. The third kappa shape index (κ3) is 3.80. The zero-order valence-corrected chi connectivity index (χ0v) is 15.6. The number of rotatable bonds is 5. The van der Waals surface area contributed by atoms with Crippen LogP contribution in [0.4, 0.5) is 8.78 Å². The number of benzene rings is 2. The quantitative estimate of drug-likeness (QED) is 0.532. The van der Waals surface area contributed by atoms with Crippen molar-refractivity contribution < 1.29 is 13.4 Å². The highest BCUT2D eigenvalue weighted by molar-refractivity contribution is 5.85. The molecular weight excluding hydrogens is 406 g/mol. The third-order valence-corrected chi connectivity index (χ3v) is 4.30. The molecule has 0 aliphatic carbocycles. The maximum atomic E-state index is 14.7. The summed E-state index contributed by atoms with van der Waals surface area (Å²) in [5.74, 6) is -0.613. The van der Waals surface area contributed by atoms with Crippen LogP contribution in [0.3, 0.4) is 0 Å². The molecule has 2 aromatic heterocycles. The van der Waals surface area contributed by atoms with E-state index in [1.54, 1.807) is 24.3 Å². The number of nitrogens with zero attached hydrogens (tertiary/aromatic N) is 5. The number of halogens is 3. The standard InChI is InChI=1S/C18H14F2N6O2.ClH/c19-7-11(8-21)9-26-18(27)25(10-22-26)17-4-2-12(5-14(17)20)13-1-3-15-16(6-13)24-28-23-15;/h1-7,10H,8-9,21H2;1H/b11-7+;. The highest BCUT2D eigenvalue weighted by Crippen LogP contribution is 2.25. The van der Waals surface area contributed by atoms with Crippen LogP contribution in [-0.4, -0.2) is 31.2 Å². The molecule has 2 N–H and O–H groups in total. The molecule has 0 saturated carbocycles. The Morgan fingerprint density at radius 3 is 2.59 bits per heavy atom. The van der Waals surface area contributed by atoms with Crippen LogP contribution in [0.2, 0.25) is 0 Å². The van der Waals surface area contributed by atoms with Gasteiger partial charge in [-0.15, -0.1) is 12.4 Å². The average molecular weight is 421 g/mol. The first-order valence-electron chi connectivity index (χ1n) is 8.26. The molecule has 4 aromatic rings. The number of fused-ring (bicyclic) bond motifs is 1. The third-order valence-electron chi connectivity index (χ3n) is 4.30. The van der Waals surface area contributed by atoms with E-state index < -0.39 is 11.5 Å². The predicted octanol–water partition coefficient (Wildman–Crippen LogP) is 2.61. The molecule has 2 aromatic carbocycles. The van der Waals surface area contributed by atoms with E-state index in [1.807, 2.05) is 0 Å². The second-order valence-electron chi connectivity index (χ2n) is 6.05. The number of nitrogens with two attached hydrogens (primary N) is 1. The van der Waals surface area contributed by atoms with Gasteiger partial charge in [0.25, 0.3) is 0 Å². The zero-order valence-electron chi connectivity index (χ0n) is 14.8. The topological polar surface area (TPSA) is 105 Å². The second-order valence-corrected chi connectivity index (χ2v) is 6.05. The predicted molar refractivity (Wildman–Crippen MR) is 104 cm³/mol. The fraction of sp³-hybridized carbons (Fsp3) is 0.111. The van der Waals surface area contributed by atoms with Crippen molar-refractivity contribution in [2.45, 2.75) is 6.54 Å². The summed E-state index contributed by atoms with van der Waals surface area (Å²) < 4.78 is 34.1. The summed E-state index contributed by atoms with van der Waals surface area (Å²) in [7, 11) is 0. The van der Waals surface area contributed by atoms with Crippen LogP contribution in [0, 0.1) is 5.82 Å². The minimum absolute atomic E-state index is 0. The largest absolute Gasteiger partial charge is 0.350 e. The van der Waals surface area contributed by atoms with E-state index in [4.69, 9.17) is 5.73 Å². The van der Waals surface area contributed by atoms with Gasteiger partial charge in [-0.1, -0.05) is 12.1 Å². The first-order chi connectivity index (χ1) is 13.6. The van der Waals surface area contributed by atoms with Gasteiger partial charge in [-0.05, 0) is 51.3 Å². The van der Waals surface area contributed by atoms with Crippen molar-refractivity contribution in [3.8, 4) is 16.8 Å². The summed E-state index contributed by atoms with van der Waals surface area (Å²) in [6.07, 6.45) is 1.52. The van der Waals surface area contributed by atoms with Crippen molar-refractivity contribution in [1.29, 1.82) is 0 Å². The van der Waals surface area contributed by atoms with E-state index in [2.05, 4.69) is 20.0 Å². The highest BCUT2D eigenvalue weighted by Gasteiger charge is 2.13. The summed E-state index contributed by atoms with van der Waals surface area (Å²) in [6.45, 7) is -0.158. The monoisotopic (exact) mass is 420 g/mol. The van der Waals surface area contributed by atoms with Crippen LogP contribution in [0.25, 0.3) is 27.8 Å². The van der Waals surface area contributed by atoms with Crippen molar-refractivity contribution in [3.05, 3.63) is 70.9 Å². The molecule has 0 aliphatic heterocycles. The summed E-state index contributed by atoms with van der Waals surface area (Å²) in [5.41, 5.74) is 7.48. The number of hydrogen-bond donors (Lipinski definition) is 1. The highest BCUT2D eigenvalue weighted by atomic mass is 35.5. The van der Waals surface area contributed by atoms with Crippen molar-refractivity contribution in [3.63, 3.8) is 0 Å². The van der Waals surface area contributed by atoms with E-state index >= 15 is 0 Å². The maximum Gasteiger partial charge on any atom is 0.350 e. The van der Waals surface area contributed by atoms with Gasteiger partial charge in [0.1, 0.15) is 23.2 Å². The minimum atomic E-state index is -0.613. The summed E-state index contributed by atoms with van der Waals surface area (Å²) in [5, 5.41) is 11.4. The van der Waals surface area contributed by atoms with Crippen LogP contribution >= 0.6 is 12.4 Å². The van der Waals surface area contributed by atoms with Gasteiger partial charge in [0, 0.05) is 6.54 Å². The molecule has 0 bridgehead atoms. The van der Waals surface area contributed by atoms with Crippen molar-refractivity contribution in [2.24, 2.45) is 5.73 Å². The average Bonchev–Trinajstić information content (AvgIpc) is 3.32. The Morgan fingerprint density at radius 1 is 1.14 bits per heavy atom. The van der Waals surface area contributed by atoms with E-state index in [1.165, 1.54) is 18.5 Å². The molecule has 0 radical (unpaired) electrons. The molecule has 0 atom stereocenters. The molecule has 2 heterocycles. The molecule has 0 saturated heterocycles. The molecular formula is C18H15ClF2N6O2. The van der Waals surface area contributed by atoms with E-state index in [-0.39, 0.29) is 36.8 Å². The van der Waals surface area contributed by atoms with Crippen molar-refractivity contribution in [2.75, 3.05) is 6.54 Å². The van der Waals surface area contributed by atoms with Gasteiger partial charge >= 0.3 is 5.69 Å². The lowest BCUT2D eigenvalue weighted by Gasteiger charge is -2.06. The van der Waals surface area contributed by atoms with Crippen molar-refractivity contribution >= 4 is 23.4 Å². The second kappa shape index (κ2) is 8.33. The van der Waals surface area contributed by atoms with Gasteiger partial charge in [-0.2, -0.15) is 5.10 Å². The maximum absolute atomic E-state index is 14.7. The fourth-order valence-corrected chi connectivity index (χ4v) is 2.79. The Kier molecular flexibility index (Phi) is 5.85. The van der Waals surface area contributed by atoms with Crippen LogP contribution in [0.5, 0.6) is 0 Å². The van der Waals surface area contributed by atoms with Crippen LogP contribution in [-0.2, 0) is 6.54 Å². The molecule has 0 aliphatic rings. The van der Waals surface area contributed by atoms with Gasteiger partial charge in [0.05, 0.1) is 18.6 Å². The summed E-state index contributed by atoms with van der Waals surface area (Å²) in [6, 6.07) is 9.66. The lowest BCUT2D eigenvalue weighted by Crippen LogP contribution is -2.26. The lowest BCUT2D eigenvalue weighted by atomic mass is 10.0. The Labute approximate surface area is 168 Å². The SMILES string of the molecule is Cl.NC/C(=C\F)Cn1ncn(-c2ccc(-c3ccc4nonc4c3)cc2F)c1=O. The molecule has 4 rings (SSSR count). The Hall–Kier alpha value is -3.37. The number of hydrogen-bond acceptors (Lipinski definition) is 6. The van der Waals surface area contributed by atoms with Crippen LogP contribution in [0.1, 0.15) is 0 Å². The van der Waals surface area contributed by atoms with Gasteiger partial charge in [0.15, 0.2) is 0 Å². The first kappa shape index (κ1) is 20.4. The van der Waals surface area contributed by atoms with E-state index in [0.29, 0.717) is 22.9 Å². The Balaban J connectivity index is 0.00000240. The molecule has 8 nitrogen and oxygen atoms in total. The van der Waals surface area contributed by atoms with Gasteiger partial charge < -0.3 is 5.73 Å². The molecule has 0 amide bonds. The smallest absolute Gasteiger partial charge is 0.327 e. The van der Waals surface area contributed by atoms with Crippen LogP contribution < -0.4 is 11.4 Å². The minimum Gasteiger partial charge on any atom is -0.327 e. The lowest BCUT2D eigenvalue weighted by molar-refractivity contribution is 0.315. The Bertz CT molecular complexity index is 1250. The zero-order chi connectivity index (χ0) is 19.7. The fourth-order valence-electron chi connectivity index (χ4n) is 2.79. The molecule has 0 unspecified atom stereocenters. The van der Waals surface area contributed by atoms with Crippen molar-refractivity contribution in [1.82, 2.24) is 24.7 Å². The summed E-state index contributed by atoms with van der Waals surface area (Å²) >= 11 is 0. The first-order valence-corrected chi connectivity index (χ1v) is 8.26. The Morgan fingerprint density at radius 2 is 1.86 bits per heavy atom. The number of aromatic nitrogens is 5. The molecule has 0 spiro atoms. The van der Waals surface area contributed by atoms with E-state index in [9.17, 15) is 13.6 Å². The molecule has 150 valence electrons. The van der Waals surface area contributed by atoms with E-state index in [0.717, 1.165) is 14.8 Å². The van der Waals surface area contributed by atoms with Gasteiger partial charge in [-0.25, -0.2) is 27.5 Å². The molecule has 0 fully saturated rings. The molecule has 29 heavy (non-hydrogen) atoms. The summed E-state index contributed by atoms with van der Waals surface area (Å²) in [4.78, 5) is 12.4. The van der Waals surface area contributed by atoms with Crippen LogP contribution in [0.15, 0.2) is 64.1 Å².